The molecule has 0 radical (unpaired) electrons. The molecule has 0 saturated carbocycles. The van der Waals surface area contributed by atoms with Gasteiger partial charge in [-0.1, -0.05) is 0 Å². The molecule has 0 aliphatic rings. The second-order valence-corrected chi connectivity index (χ2v) is 4.73. The first-order valence-corrected chi connectivity index (χ1v) is 6.41. The van der Waals surface area contributed by atoms with Crippen molar-refractivity contribution in [2.75, 3.05) is 11.9 Å². The Labute approximate surface area is 121 Å². The summed E-state index contributed by atoms with van der Waals surface area (Å²) in [6, 6.07) is 6.12. The standard InChI is InChI=1S/C13H14ClFN4O/c1-8(2)20-13-17-11(14)16-12(18-13)19(3)10-6-4-9(15)5-7-10/h4-8H,1-3H3. The number of nitrogens with zero attached hydrogens (tertiary/aromatic N) is 4. The lowest BCUT2D eigenvalue weighted by Gasteiger charge is -2.18. The Balaban J connectivity index is 2.31. The maximum atomic E-state index is 12.9. The SMILES string of the molecule is CC(C)Oc1nc(Cl)nc(N(C)c2ccc(F)cc2)n1. The van der Waals surface area contributed by atoms with Crippen molar-refractivity contribution in [2.24, 2.45) is 0 Å². The third-order valence-corrected chi connectivity index (χ3v) is 2.60. The highest BCUT2D eigenvalue weighted by Gasteiger charge is 2.12. The first-order valence-electron chi connectivity index (χ1n) is 6.03. The van der Waals surface area contributed by atoms with Crippen molar-refractivity contribution in [3.05, 3.63) is 35.4 Å². The Morgan fingerprint density at radius 3 is 2.40 bits per heavy atom. The minimum Gasteiger partial charge on any atom is -0.461 e. The van der Waals surface area contributed by atoms with Gasteiger partial charge in [0.05, 0.1) is 6.10 Å². The van der Waals surface area contributed by atoms with E-state index < -0.39 is 0 Å². The van der Waals surface area contributed by atoms with Gasteiger partial charge in [0.2, 0.25) is 11.2 Å². The van der Waals surface area contributed by atoms with Gasteiger partial charge in [0, 0.05) is 12.7 Å². The van der Waals surface area contributed by atoms with Crippen molar-refractivity contribution in [1.82, 2.24) is 15.0 Å². The van der Waals surface area contributed by atoms with Crippen LogP contribution in [0.1, 0.15) is 13.8 Å². The van der Waals surface area contributed by atoms with Crippen LogP contribution in [0.3, 0.4) is 0 Å². The second-order valence-electron chi connectivity index (χ2n) is 4.39. The summed E-state index contributed by atoms with van der Waals surface area (Å²) >= 11 is 5.86. The molecule has 1 aromatic heterocycles. The zero-order chi connectivity index (χ0) is 14.7. The summed E-state index contributed by atoms with van der Waals surface area (Å²) in [5.74, 6) is 0.0203. The summed E-state index contributed by atoms with van der Waals surface area (Å²) in [5, 5.41) is 0.0413. The molecule has 20 heavy (non-hydrogen) atoms. The Kier molecular flexibility index (Phi) is 4.34. The van der Waals surface area contributed by atoms with Crippen molar-refractivity contribution in [2.45, 2.75) is 20.0 Å². The van der Waals surface area contributed by atoms with Crippen LogP contribution in [-0.2, 0) is 0 Å². The van der Waals surface area contributed by atoms with Crippen LogP contribution in [0.4, 0.5) is 16.0 Å². The van der Waals surface area contributed by atoms with E-state index in [-0.39, 0.29) is 23.2 Å². The third-order valence-electron chi connectivity index (χ3n) is 2.43. The molecule has 0 fully saturated rings. The van der Waals surface area contributed by atoms with E-state index in [2.05, 4.69) is 15.0 Å². The largest absolute Gasteiger partial charge is 0.461 e. The van der Waals surface area contributed by atoms with E-state index in [0.717, 1.165) is 5.69 Å². The van der Waals surface area contributed by atoms with Gasteiger partial charge in [0.15, 0.2) is 0 Å². The van der Waals surface area contributed by atoms with E-state index in [1.807, 2.05) is 13.8 Å². The highest BCUT2D eigenvalue weighted by atomic mass is 35.5. The normalized spacial score (nSPS) is 10.7. The molecule has 106 valence electrons. The van der Waals surface area contributed by atoms with Crippen LogP contribution in [0.2, 0.25) is 5.28 Å². The van der Waals surface area contributed by atoms with E-state index in [1.165, 1.54) is 12.1 Å². The van der Waals surface area contributed by atoms with Crippen LogP contribution in [0.15, 0.2) is 24.3 Å². The molecule has 0 N–H and O–H groups in total. The predicted octanol–water partition coefficient (Wildman–Crippen LogP) is 3.22. The fourth-order valence-corrected chi connectivity index (χ4v) is 1.66. The van der Waals surface area contributed by atoms with Gasteiger partial charge in [-0.2, -0.15) is 15.0 Å². The summed E-state index contributed by atoms with van der Waals surface area (Å²) in [7, 11) is 1.75. The molecule has 0 atom stereocenters. The van der Waals surface area contributed by atoms with Gasteiger partial charge in [-0.3, -0.25) is 0 Å². The number of aromatic nitrogens is 3. The van der Waals surface area contributed by atoms with E-state index in [9.17, 15) is 4.39 Å². The zero-order valence-corrected chi connectivity index (χ0v) is 12.1. The summed E-state index contributed by atoms with van der Waals surface area (Å²) in [6.07, 6.45) is -0.0718. The maximum Gasteiger partial charge on any atom is 0.322 e. The van der Waals surface area contributed by atoms with Crippen LogP contribution in [-0.4, -0.2) is 28.1 Å². The monoisotopic (exact) mass is 296 g/mol. The van der Waals surface area contributed by atoms with Gasteiger partial charge in [-0.15, -0.1) is 0 Å². The smallest absolute Gasteiger partial charge is 0.322 e. The molecule has 1 aromatic carbocycles. The Bertz CT molecular complexity index is 591. The second kappa shape index (κ2) is 6.00. The summed E-state index contributed by atoms with van der Waals surface area (Å²) in [6.45, 7) is 3.72. The van der Waals surface area contributed by atoms with E-state index in [4.69, 9.17) is 16.3 Å². The Hall–Kier alpha value is -1.95. The Morgan fingerprint density at radius 1 is 1.15 bits per heavy atom. The van der Waals surface area contributed by atoms with Crippen molar-refractivity contribution in [3.8, 4) is 6.01 Å². The fraction of sp³-hybridized carbons (Fsp3) is 0.308. The number of benzene rings is 1. The summed E-state index contributed by atoms with van der Waals surface area (Å²) in [5.41, 5.74) is 0.726. The van der Waals surface area contributed by atoms with Crippen LogP contribution < -0.4 is 9.64 Å². The highest BCUT2D eigenvalue weighted by Crippen LogP contribution is 2.22. The average Bonchev–Trinajstić information content (AvgIpc) is 2.37. The minimum atomic E-state index is -0.306. The number of hydrogen-bond acceptors (Lipinski definition) is 5. The quantitative estimate of drug-likeness (QED) is 0.867. The Morgan fingerprint density at radius 2 is 1.80 bits per heavy atom. The summed E-state index contributed by atoms with van der Waals surface area (Å²) in [4.78, 5) is 13.8. The maximum absolute atomic E-state index is 12.9. The minimum absolute atomic E-state index is 0.0413. The lowest BCUT2D eigenvalue weighted by Crippen LogP contribution is -2.16. The van der Waals surface area contributed by atoms with Crippen LogP contribution in [0.25, 0.3) is 0 Å². The lowest BCUT2D eigenvalue weighted by molar-refractivity contribution is 0.221. The van der Waals surface area contributed by atoms with Gasteiger partial charge in [-0.25, -0.2) is 4.39 Å². The highest BCUT2D eigenvalue weighted by molar-refractivity contribution is 6.28. The van der Waals surface area contributed by atoms with Gasteiger partial charge in [0.1, 0.15) is 5.82 Å². The fourth-order valence-electron chi connectivity index (χ4n) is 1.52. The van der Waals surface area contributed by atoms with E-state index in [0.29, 0.717) is 5.95 Å². The number of hydrogen-bond donors (Lipinski definition) is 0. The predicted molar refractivity (Wildman–Crippen MR) is 75.1 cm³/mol. The van der Waals surface area contributed by atoms with Crippen LogP contribution in [0, 0.1) is 5.82 Å². The molecule has 0 spiro atoms. The molecule has 0 unspecified atom stereocenters. The van der Waals surface area contributed by atoms with E-state index in [1.54, 1.807) is 24.1 Å². The lowest BCUT2D eigenvalue weighted by atomic mass is 10.3. The van der Waals surface area contributed by atoms with Gasteiger partial charge < -0.3 is 9.64 Å². The molecule has 0 saturated heterocycles. The number of rotatable bonds is 4. The third kappa shape index (κ3) is 3.54. The average molecular weight is 297 g/mol. The molecule has 0 amide bonds. The molecule has 7 heteroatoms. The molecular weight excluding hydrogens is 283 g/mol. The number of anilines is 2. The van der Waals surface area contributed by atoms with Crippen LogP contribution in [0.5, 0.6) is 6.01 Å². The van der Waals surface area contributed by atoms with Gasteiger partial charge >= 0.3 is 6.01 Å². The topological polar surface area (TPSA) is 51.1 Å². The zero-order valence-electron chi connectivity index (χ0n) is 11.3. The molecule has 0 aliphatic heterocycles. The number of ether oxygens (including phenoxy) is 1. The molecule has 1 heterocycles. The molecule has 5 nitrogen and oxygen atoms in total. The number of halogens is 2. The molecular formula is C13H14ClFN4O. The summed E-state index contributed by atoms with van der Waals surface area (Å²) < 4.78 is 18.3. The first-order chi connectivity index (χ1) is 9.45. The molecule has 0 aliphatic carbocycles. The van der Waals surface area contributed by atoms with Crippen molar-refractivity contribution < 1.29 is 9.13 Å². The first kappa shape index (κ1) is 14.5. The van der Waals surface area contributed by atoms with E-state index >= 15 is 0 Å². The van der Waals surface area contributed by atoms with Crippen molar-refractivity contribution >= 4 is 23.2 Å². The van der Waals surface area contributed by atoms with Crippen molar-refractivity contribution in [3.63, 3.8) is 0 Å². The molecule has 0 bridgehead atoms. The van der Waals surface area contributed by atoms with Gasteiger partial charge in [-0.05, 0) is 49.7 Å². The van der Waals surface area contributed by atoms with Crippen molar-refractivity contribution in [1.29, 1.82) is 0 Å². The van der Waals surface area contributed by atoms with Crippen LogP contribution >= 0.6 is 11.6 Å². The molecule has 2 rings (SSSR count). The molecule has 2 aromatic rings. The van der Waals surface area contributed by atoms with Gasteiger partial charge in [0.25, 0.3) is 0 Å².